The Hall–Kier alpha value is -3.91. The lowest BCUT2D eigenvalue weighted by Crippen LogP contribution is -2.55. The van der Waals surface area contributed by atoms with Crippen molar-refractivity contribution in [3.63, 3.8) is 0 Å². The number of anilines is 2. The molecule has 2 saturated heterocycles. The fraction of sp³-hybridized carbons (Fsp3) is 0.471. The molecule has 0 unspecified atom stereocenters. The number of nitrogens with zero attached hydrogens (tertiary/aromatic N) is 7. The van der Waals surface area contributed by atoms with E-state index in [9.17, 15) is 10.1 Å². The lowest BCUT2D eigenvalue weighted by Gasteiger charge is -2.42. The minimum Gasteiger partial charge on any atom is -0.461 e. The number of benzene rings is 2. The molecule has 3 fully saturated rings. The molecule has 234 valence electrons. The third kappa shape index (κ3) is 5.81. The summed E-state index contributed by atoms with van der Waals surface area (Å²) in [6.07, 6.45) is 4.57. The fourth-order valence-corrected chi connectivity index (χ4v) is 7.51. The number of piperazine rings is 2. The van der Waals surface area contributed by atoms with Gasteiger partial charge >= 0.3 is 6.01 Å². The first-order chi connectivity index (χ1) is 22.0. The first-order valence-corrected chi connectivity index (χ1v) is 16.3. The monoisotopic (exact) mass is 626 g/mol. The molecule has 7 rings (SSSR count). The molecule has 0 radical (unpaired) electrons. The van der Waals surface area contributed by atoms with Gasteiger partial charge in [-0.15, -0.1) is 0 Å². The number of ether oxygens (including phenoxy) is 1. The second-order valence-electron chi connectivity index (χ2n) is 12.5. The second-order valence-corrected chi connectivity index (χ2v) is 12.9. The Balaban J connectivity index is 1.21. The lowest BCUT2D eigenvalue weighted by molar-refractivity contribution is -0.128. The molecule has 10 nitrogen and oxygen atoms in total. The van der Waals surface area contributed by atoms with E-state index in [-0.39, 0.29) is 23.9 Å². The number of aromatic nitrogens is 2. The Morgan fingerprint density at radius 2 is 1.91 bits per heavy atom. The van der Waals surface area contributed by atoms with Crippen molar-refractivity contribution in [3.8, 4) is 12.1 Å². The summed E-state index contributed by atoms with van der Waals surface area (Å²) in [6, 6.07) is 14.7. The van der Waals surface area contributed by atoms with Gasteiger partial charge in [-0.2, -0.15) is 15.2 Å². The van der Waals surface area contributed by atoms with E-state index < -0.39 is 0 Å². The van der Waals surface area contributed by atoms with Crippen LogP contribution in [0, 0.1) is 11.3 Å². The maximum atomic E-state index is 12.6. The zero-order chi connectivity index (χ0) is 31.0. The van der Waals surface area contributed by atoms with Crippen LogP contribution >= 0.6 is 11.6 Å². The van der Waals surface area contributed by atoms with Crippen LogP contribution in [0.4, 0.5) is 11.5 Å². The molecular formula is C34H39ClN8O2. The van der Waals surface area contributed by atoms with E-state index >= 15 is 0 Å². The number of carbonyl (C=O) groups is 1. The summed E-state index contributed by atoms with van der Waals surface area (Å²) in [5, 5.41) is 15.9. The molecule has 4 aliphatic rings. The zero-order valence-electron chi connectivity index (χ0n) is 25.6. The van der Waals surface area contributed by atoms with E-state index in [4.69, 9.17) is 26.3 Å². The zero-order valence-corrected chi connectivity index (χ0v) is 26.3. The normalized spacial score (nSPS) is 21.2. The highest BCUT2D eigenvalue weighted by Gasteiger charge is 2.49. The highest BCUT2D eigenvalue weighted by Crippen LogP contribution is 2.42. The number of nitriles is 1. The Labute approximate surface area is 269 Å². The molecule has 1 N–H and O–H groups in total. The first kappa shape index (κ1) is 29.8. The number of halogens is 1. The minimum atomic E-state index is -0.246. The molecule has 3 aromatic rings. The molecule has 4 heterocycles. The summed E-state index contributed by atoms with van der Waals surface area (Å²) in [7, 11) is 0. The third-order valence-electron chi connectivity index (χ3n) is 9.85. The summed E-state index contributed by atoms with van der Waals surface area (Å²) >= 11 is 6.73. The molecule has 1 aliphatic carbocycles. The molecular weight excluding hydrogens is 588 g/mol. The Kier molecular flexibility index (Phi) is 8.25. The van der Waals surface area contributed by atoms with Crippen molar-refractivity contribution in [2.75, 3.05) is 68.8 Å². The second kappa shape index (κ2) is 12.5. The van der Waals surface area contributed by atoms with E-state index in [1.807, 2.05) is 12.1 Å². The van der Waals surface area contributed by atoms with Crippen molar-refractivity contribution in [2.45, 2.75) is 43.8 Å². The van der Waals surface area contributed by atoms with E-state index in [0.717, 1.165) is 90.5 Å². The van der Waals surface area contributed by atoms with E-state index in [1.54, 1.807) is 4.90 Å². The van der Waals surface area contributed by atoms with E-state index in [2.05, 4.69) is 56.9 Å². The highest BCUT2D eigenvalue weighted by molar-refractivity contribution is 6.36. The van der Waals surface area contributed by atoms with Gasteiger partial charge in [-0.05, 0) is 42.9 Å². The van der Waals surface area contributed by atoms with Crippen molar-refractivity contribution < 1.29 is 9.53 Å². The molecule has 1 aromatic heterocycles. The average molecular weight is 627 g/mol. The number of fused-ring (bicyclic) bond motifs is 2. The molecule has 1 amide bonds. The summed E-state index contributed by atoms with van der Waals surface area (Å²) in [4.78, 5) is 31.6. The smallest absolute Gasteiger partial charge is 0.318 e. The molecule has 3 aliphatic heterocycles. The van der Waals surface area contributed by atoms with Crippen LogP contribution in [0.25, 0.3) is 10.8 Å². The quantitative estimate of drug-likeness (QED) is 0.375. The van der Waals surface area contributed by atoms with Gasteiger partial charge in [0, 0.05) is 69.0 Å². The van der Waals surface area contributed by atoms with Gasteiger partial charge in [0.1, 0.15) is 12.4 Å². The van der Waals surface area contributed by atoms with Crippen LogP contribution in [-0.2, 0) is 17.8 Å². The summed E-state index contributed by atoms with van der Waals surface area (Å²) in [5.41, 5.74) is 3.20. The van der Waals surface area contributed by atoms with Crippen LogP contribution < -0.4 is 19.9 Å². The van der Waals surface area contributed by atoms with Crippen LogP contribution in [0.2, 0.25) is 5.02 Å². The minimum absolute atomic E-state index is 0.0574. The SMILES string of the molecule is C=CC(=O)N1CCN(c2nc(OCC3(N4CCNCC4)CC3)nc3c2CCN(c2cccc4cccc(Cl)c24)C3)C[C@@H]1CC#N. The van der Waals surface area contributed by atoms with Gasteiger partial charge < -0.3 is 24.8 Å². The van der Waals surface area contributed by atoms with Crippen LogP contribution in [-0.4, -0.2) is 96.2 Å². The Bertz CT molecular complexity index is 1640. The van der Waals surface area contributed by atoms with Crippen LogP contribution in [0.15, 0.2) is 49.1 Å². The van der Waals surface area contributed by atoms with Gasteiger partial charge in [0.15, 0.2) is 0 Å². The Morgan fingerprint density at radius 3 is 2.67 bits per heavy atom. The van der Waals surface area contributed by atoms with Gasteiger partial charge in [-0.25, -0.2) is 0 Å². The van der Waals surface area contributed by atoms with Crippen molar-refractivity contribution in [3.05, 3.63) is 65.3 Å². The topological polar surface area (TPSA) is 101 Å². The predicted octanol–water partition coefficient (Wildman–Crippen LogP) is 3.78. The number of hydrogen-bond donors (Lipinski definition) is 1. The molecule has 1 saturated carbocycles. The van der Waals surface area contributed by atoms with E-state index in [0.29, 0.717) is 38.8 Å². The molecule has 0 spiro atoms. The molecule has 1 atom stereocenters. The van der Waals surface area contributed by atoms with Crippen molar-refractivity contribution in [1.29, 1.82) is 5.26 Å². The average Bonchev–Trinajstić information content (AvgIpc) is 3.88. The number of carbonyl (C=O) groups excluding carboxylic acids is 1. The van der Waals surface area contributed by atoms with E-state index in [1.165, 1.54) is 6.08 Å². The molecule has 11 heteroatoms. The number of rotatable bonds is 8. The Morgan fingerprint density at radius 1 is 1.11 bits per heavy atom. The van der Waals surface area contributed by atoms with Gasteiger partial charge in [-0.1, -0.05) is 42.4 Å². The standard InChI is InChI=1S/C34H39ClN8O2/c1-2-30(44)43-20-19-41(21-25(43)9-13-36)32-26-10-16-40(29-8-4-6-24-5-3-7-27(35)31(24)29)22-28(26)38-33(39-32)45-23-34(11-12-34)42-17-14-37-15-18-42/h2-8,25,37H,1,9-12,14-23H2/t25-/m0/s1. The van der Waals surface area contributed by atoms with Crippen molar-refractivity contribution in [2.24, 2.45) is 0 Å². The van der Waals surface area contributed by atoms with Crippen LogP contribution in [0.5, 0.6) is 6.01 Å². The predicted molar refractivity (Wildman–Crippen MR) is 176 cm³/mol. The number of hydrogen-bond acceptors (Lipinski definition) is 9. The van der Waals surface area contributed by atoms with Gasteiger partial charge in [-0.3, -0.25) is 9.69 Å². The maximum absolute atomic E-state index is 12.6. The van der Waals surface area contributed by atoms with Gasteiger partial charge in [0.25, 0.3) is 0 Å². The van der Waals surface area contributed by atoms with Crippen LogP contribution in [0.3, 0.4) is 0 Å². The lowest BCUT2D eigenvalue weighted by atomic mass is 10.0. The first-order valence-electron chi connectivity index (χ1n) is 16.0. The summed E-state index contributed by atoms with van der Waals surface area (Å²) in [6.45, 7) is 11.3. The van der Waals surface area contributed by atoms with Gasteiger partial charge in [0.05, 0.1) is 41.3 Å². The number of nitrogens with one attached hydrogen (secondary N) is 1. The summed E-state index contributed by atoms with van der Waals surface area (Å²) < 4.78 is 6.48. The third-order valence-corrected chi connectivity index (χ3v) is 10.2. The summed E-state index contributed by atoms with van der Waals surface area (Å²) in [5.74, 6) is 0.710. The maximum Gasteiger partial charge on any atom is 0.318 e. The molecule has 45 heavy (non-hydrogen) atoms. The fourth-order valence-electron chi connectivity index (χ4n) is 7.23. The van der Waals surface area contributed by atoms with Crippen molar-refractivity contribution in [1.82, 2.24) is 25.1 Å². The van der Waals surface area contributed by atoms with Crippen LogP contribution in [0.1, 0.15) is 30.5 Å². The number of amides is 1. The molecule has 2 aromatic carbocycles. The highest BCUT2D eigenvalue weighted by atomic mass is 35.5. The van der Waals surface area contributed by atoms with Crippen molar-refractivity contribution >= 4 is 39.8 Å². The molecule has 0 bridgehead atoms. The van der Waals surface area contributed by atoms with Gasteiger partial charge in [0.2, 0.25) is 5.91 Å². The largest absolute Gasteiger partial charge is 0.461 e.